The number of nitrogens with one attached hydrogen (secondary N) is 1. The molecule has 1 fully saturated rings. The van der Waals surface area contributed by atoms with Crippen molar-refractivity contribution in [2.24, 2.45) is 0 Å². The highest BCUT2D eigenvalue weighted by Gasteiger charge is 2.08. The minimum Gasteiger partial charge on any atom is -0.464 e. The van der Waals surface area contributed by atoms with E-state index in [1.54, 1.807) is 6.92 Å². The van der Waals surface area contributed by atoms with E-state index in [0.29, 0.717) is 13.2 Å². The van der Waals surface area contributed by atoms with E-state index in [9.17, 15) is 4.79 Å². The molecule has 0 saturated carbocycles. The largest absolute Gasteiger partial charge is 0.464 e. The van der Waals surface area contributed by atoms with Crippen LogP contribution in [0.3, 0.4) is 0 Å². The quantitative estimate of drug-likeness (QED) is 0.443. The molecule has 6 nitrogen and oxygen atoms in total. The molecule has 0 spiro atoms. The Bertz CT molecular complexity index is 233. The van der Waals surface area contributed by atoms with Crippen molar-refractivity contribution >= 4 is 5.97 Å². The summed E-state index contributed by atoms with van der Waals surface area (Å²) in [4.78, 5) is 13.4. The molecule has 0 bridgehead atoms. The molecule has 0 atom stereocenters. The zero-order chi connectivity index (χ0) is 13.8. The predicted molar refractivity (Wildman–Crippen MR) is 72.2 cm³/mol. The second-order valence-corrected chi connectivity index (χ2v) is 4.42. The number of esters is 1. The summed E-state index contributed by atoms with van der Waals surface area (Å²) in [6.07, 6.45) is 1.12. The summed E-state index contributed by atoms with van der Waals surface area (Å²) in [5.41, 5.74) is 0. The number of nitrogens with zero attached hydrogens (tertiary/aromatic N) is 1. The average Bonchev–Trinajstić information content (AvgIpc) is 2.43. The fourth-order valence-electron chi connectivity index (χ4n) is 1.88. The zero-order valence-electron chi connectivity index (χ0n) is 11.9. The summed E-state index contributed by atoms with van der Waals surface area (Å²) in [5.74, 6) is -0.296. The first-order valence-corrected chi connectivity index (χ1v) is 7.07. The van der Waals surface area contributed by atoms with Crippen molar-refractivity contribution in [1.29, 1.82) is 0 Å². The van der Waals surface area contributed by atoms with Crippen molar-refractivity contribution in [3.63, 3.8) is 0 Å². The second-order valence-electron chi connectivity index (χ2n) is 4.42. The zero-order valence-corrected chi connectivity index (χ0v) is 11.9. The molecule has 1 rings (SSSR count). The van der Waals surface area contributed by atoms with E-state index in [0.717, 1.165) is 52.4 Å². The van der Waals surface area contributed by atoms with Crippen LogP contribution in [0.5, 0.6) is 0 Å². The fourth-order valence-corrected chi connectivity index (χ4v) is 1.88. The Morgan fingerprint density at radius 3 is 2.84 bits per heavy atom. The van der Waals surface area contributed by atoms with Crippen LogP contribution in [0.1, 0.15) is 13.3 Å². The highest BCUT2D eigenvalue weighted by atomic mass is 16.6. The van der Waals surface area contributed by atoms with Gasteiger partial charge in [-0.25, -0.2) is 4.79 Å². The van der Waals surface area contributed by atoms with E-state index in [4.69, 9.17) is 14.2 Å². The number of carbonyl (C=O) groups excluding carboxylic acids is 1. The third-order valence-corrected chi connectivity index (χ3v) is 2.88. The predicted octanol–water partition coefficient (Wildman–Crippen LogP) is -0.122. The lowest BCUT2D eigenvalue weighted by Gasteiger charge is -2.26. The maximum Gasteiger partial charge on any atom is 0.332 e. The van der Waals surface area contributed by atoms with Crippen molar-refractivity contribution in [3.05, 3.63) is 0 Å². The van der Waals surface area contributed by atoms with Gasteiger partial charge in [-0.1, -0.05) is 0 Å². The number of rotatable bonds is 10. The van der Waals surface area contributed by atoms with Crippen LogP contribution in [-0.2, 0) is 19.0 Å². The number of hydrogen-bond acceptors (Lipinski definition) is 6. The van der Waals surface area contributed by atoms with E-state index in [2.05, 4.69) is 10.2 Å². The van der Waals surface area contributed by atoms with Gasteiger partial charge in [0.05, 0.1) is 26.4 Å². The third kappa shape index (κ3) is 8.93. The maximum atomic E-state index is 11.0. The van der Waals surface area contributed by atoms with Crippen LogP contribution in [0.25, 0.3) is 0 Å². The smallest absolute Gasteiger partial charge is 0.332 e. The SMILES string of the molecule is CCOC(=O)COCCNCCCN1CCOCC1. The van der Waals surface area contributed by atoms with Gasteiger partial charge in [-0.15, -0.1) is 0 Å². The summed E-state index contributed by atoms with van der Waals surface area (Å²) in [5, 5.41) is 3.30. The van der Waals surface area contributed by atoms with Gasteiger partial charge in [-0.2, -0.15) is 0 Å². The van der Waals surface area contributed by atoms with Crippen LogP contribution < -0.4 is 5.32 Å². The van der Waals surface area contributed by atoms with Crippen molar-refractivity contribution < 1.29 is 19.0 Å². The normalized spacial score (nSPS) is 16.5. The van der Waals surface area contributed by atoms with Crippen LogP contribution in [0.15, 0.2) is 0 Å². The number of ether oxygens (including phenoxy) is 3. The summed E-state index contributed by atoms with van der Waals surface area (Å²) in [7, 11) is 0. The second kappa shape index (κ2) is 11.2. The van der Waals surface area contributed by atoms with Crippen molar-refractivity contribution in [2.75, 3.05) is 65.8 Å². The molecule has 0 unspecified atom stereocenters. The average molecular weight is 274 g/mol. The first kappa shape index (κ1) is 16.4. The lowest BCUT2D eigenvalue weighted by molar-refractivity contribution is -0.148. The number of hydrogen-bond donors (Lipinski definition) is 1. The van der Waals surface area contributed by atoms with Crippen LogP contribution in [-0.4, -0.2) is 76.6 Å². The molecule has 0 amide bonds. The molecule has 1 aliphatic rings. The Balaban J connectivity index is 1.79. The van der Waals surface area contributed by atoms with Crippen LogP contribution in [0.4, 0.5) is 0 Å². The molecule has 6 heteroatoms. The lowest BCUT2D eigenvalue weighted by Crippen LogP contribution is -2.37. The van der Waals surface area contributed by atoms with Crippen LogP contribution in [0.2, 0.25) is 0 Å². The van der Waals surface area contributed by atoms with E-state index in [1.165, 1.54) is 0 Å². The highest BCUT2D eigenvalue weighted by Crippen LogP contribution is 1.97. The molecule has 112 valence electrons. The van der Waals surface area contributed by atoms with Gasteiger partial charge in [0, 0.05) is 19.6 Å². The molecule has 1 saturated heterocycles. The molecule has 0 aromatic carbocycles. The van der Waals surface area contributed by atoms with E-state index < -0.39 is 0 Å². The van der Waals surface area contributed by atoms with Crippen molar-refractivity contribution in [2.45, 2.75) is 13.3 Å². The minimum absolute atomic E-state index is 0.0449. The van der Waals surface area contributed by atoms with Gasteiger partial charge >= 0.3 is 5.97 Å². The number of morpholine rings is 1. The Morgan fingerprint density at radius 2 is 2.11 bits per heavy atom. The highest BCUT2D eigenvalue weighted by molar-refractivity contribution is 5.70. The Kier molecular flexibility index (Phi) is 9.61. The Labute approximate surface area is 115 Å². The van der Waals surface area contributed by atoms with E-state index >= 15 is 0 Å². The number of carbonyl (C=O) groups is 1. The van der Waals surface area contributed by atoms with Gasteiger partial charge < -0.3 is 19.5 Å². The van der Waals surface area contributed by atoms with Crippen molar-refractivity contribution in [1.82, 2.24) is 10.2 Å². The summed E-state index contributed by atoms with van der Waals surface area (Å²) < 4.78 is 15.2. The standard InChI is InChI=1S/C13H26N2O4/c1-2-19-13(16)12-18-9-5-14-4-3-6-15-7-10-17-11-8-15/h14H,2-12H2,1H3. The summed E-state index contributed by atoms with van der Waals surface area (Å²) in [6, 6.07) is 0. The molecule has 0 radical (unpaired) electrons. The first-order chi connectivity index (χ1) is 9.33. The van der Waals surface area contributed by atoms with Gasteiger partial charge in [0.2, 0.25) is 0 Å². The summed E-state index contributed by atoms with van der Waals surface area (Å²) >= 11 is 0. The molecule has 1 aliphatic heterocycles. The monoisotopic (exact) mass is 274 g/mol. The van der Waals surface area contributed by atoms with E-state index in [-0.39, 0.29) is 12.6 Å². The van der Waals surface area contributed by atoms with Gasteiger partial charge in [-0.3, -0.25) is 4.90 Å². The minimum atomic E-state index is -0.296. The molecule has 1 heterocycles. The fraction of sp³-hybridized carbons (Fsp3) is 0.923. The lowest BCUT2D eigenvalue weighted by atomic mass is 10.3. The van der Waals surface area contributed by atoms with Gasteiger partial charge in [0.15, 0.2) is 0 Å². The van der Waals surface area contributed by atoms with Gasteiger partial charge in [-0.05, 0) is 26.4 Å². The molecule has 19 heavy (non-hydrogen) atoms. The Morgan fingerprint density at radius 1 is 1.32 bits per heavy atom. The van der Waals surface area contributed by atoms with Gasteiger partial charge in [0.1, 0.15) is 6.61 Å². The molecule has 0 aromatic rings. The van der Waals surface area contributed by atoms with Crippen LogP contribution >= 0.6 is 0 Å². The van der Waals surface area contributed by atoms with Crippen molar-refractivity contribution in [3.8, 4) is 0 Å². The first-order valence-electron chi connectivity index (χ1n) is 7.07. The Hall–Kier alpha value is -0.690. The molecule has 1 N–H and O–H groups in total. The molecule has 0 aromatic heterocycles. The van der Waals surface area contributed by atoms with E-state index in [1.807, 2.05) is 0 Å². The third-order valence-electron chi connectivity index (χ3n) is 2.88. The molecular formula is C13H26N2O4. The van der Waals surface area contributed by atoms with Crippen LogP contribution in [0, 0.1) is 0 Å². The maximum absolute atomic E-state index is 11.0. The molecular weight excluding hydrogens is 248 g/mol. The topological polar surface area (TPSA) is 60.0 Å². The summed E-state index contributed by atoms with van der Waals surface area (Å²) in [6.45, 7) is 9.42. The molecule has 0 aliphatic carbocycles. The van der Waals surface area contributed by atoms with Gasteiger partial charge in [0.25, 0.3) is 0 Å².